The Morgan fingerprint density at radius 3 is 2.92 bits per heavy atom. The van der Waals surface area contributed by atoms with Gasteiger partial charge in [-0.1, -0.05) is 0 Å². The van der Waals surface area contributed by atoms with Crippen LogP contribution in [0.2, 0.25) is 0 Å². The van der Waals surface area contributed by atoms with E-state index in [9.17, 15) is 9.18 Å². The fraction of sp³-hybridized carbons (Fsp3) is 0. The van der Waals surface area contributed by atoms with E-state index in [1.807, 2.05) is 0 Å². The van der Waals surface area contributed by atoms with Gasteiger partial charge >= 0.3 is 6.09 Å². The van der Waals surface area contributed by atoms with E-state index < -0.39 is 17.8 Å². The Bertz CT molecular complexity index is 318. The molecule has 0 saturated heterocycles. The molecule has 1 aromatic heterocycles. The Morgan fingerprint density at radius 2 is 2.42 bits per heavy atom. The maximum atomic E-state index is 12.8. The van der Waals surface area contributed by atoms with Gasteiger partial charge in [0, 0.05) is 10.7 Å². The van der Waals surface area contributed by atoms with Crippen LogP contribution in [-0.4, -0.2) is 11.1 Å². The lowest BCUT2D eigenvalue weighted by atomic mass is 10.5. The highest BCUT2D eigenvalue weighted by atomic mass is 79.9. The molecule has 0 unspecified atom stereocenters. The second kappa shape index (κ2) is 3.48. The molecule has 1 heterocycles. The Morgan fingerprint density at radius 1 is 1.75 bits per heavy atom. The highest BCUT2D eigenvalue weighted by Crippen LogP contribution is 2.17. The van der Waals surface area contributed by atoms with Gasteiger partial charge in [-0.2, -0.15) is 0 Å². The summed E-state index contributed by atoms with van der Waals surface area (Å²) in [5, 5.41) is 0. The van der Waals surface area contributed by atoms with Crippen molar-refractivity contribution in [1.82, 2.24) is 4.98 Å². The number of primary amides is 1. The molecule has 0 aliphatic rings. The summed E-state index contributed by atoms with van der Waals surface area (Å²) in [6.45, 7) is 0. The Labute approximate surface area is 75.7 Å². The number of aromatic nitrogens is 1. The zero-order valence-electron chi connectivity index (χ0n) is 5.75. The predicted molar refractivity (Wildman–Crippen MR) is 42.1 cm³/mol. The molecule has 0 saturated carbocycles. The van der Waals surface area contributed by atoms with E-state index in [0.717, 1.165) is 6.07 Å². The first-order chi connectivity index (χ1) is 5.59. The standard InChI is InChI=1S/C6H4BrFN2O2/c7-3-1-4(8)5(10-2-3)12-6(9)11/h1-2H,(H2,9,11). The number of ether oxygens (including phenoxy) is 1. The van der Waals surface area contributed by atoms with Crippen LogP contribution in [-0.2, 0) is 0 Å². The molecule has 64 valence electrons. The van der Waals surface area contributed by atoms with Gasteiger partial charge in [-0.3, -0.25) is 0 Å². The second-order valence-corrected chi connectivity index (χ2v) is 2.78. The van der Waals surface area contributed by atoms with Gasteiger partial charge in [-0.15, -0.1) is 0 Å². The maximum Gasteiger partial charge on any atom is 0.411 e. The maximum absolute atomic E-state index is 12.8. The molecule has 1 amide bonds. The second-order valence-electron chi connectivity index (χ2n) is 1.86. The summed E-state index contributed by atoms with van der Waals surface area (Å²) >= 11 is 2.99. The van der Waals surface area contributed by atoms with Gasteiger partial charge in [0.15, 0.2) is 5.82 Å². The van der Waals surface area contributed by atoms with Gasteiger partial charge in [0.2, 0.25) is 0 Å². The molecule has 1 aromatic rings. The molecule has 0 aliphatic heterocycles. The van der Waals surface area contributed by atoms with Gasteiger partial charge in [0.1, 0.15) is 0 Å². The lowest BCUT2D eigenvalue weighted by Gasteiger charge is -1.99. The zero-order chi connectivity index (χ0) is 9.14. The number of rotatable bonds is 1. The Kier molecular flexibility index (Phi) is 2.59. The molecule has 6 heteroatoms. The van der Waals surface area contributed by atoms with Crippen LogP contribution in [0.1, 0.15) is 0 Å². The topological polar surface area (TPSA) is 65.2 Å². The summed E-state index contributed by atoms with van der Waals surface area (Å²) in [6.07, 6.45) is 0.199. The van der Waals surface area contributed by atoms with Crippen LogP contribution in [0.5, 0.6) is 5.88 Å². The molecule has 4 nitrogen and oxygen atoms in total. The molecule has 2 N–H and O–H groups in total. The van der Waals surface area contributed by atoms with Gasteiger partial charge in [0.05, 0.1) is 0 Å². The number of carbonyl (C=O) groups excluding carboxylic acids is 1. The van der Waals surface area contributed by atoms with Crippen LogP contribution in [0.25, 0.3) is 0 Å². The van der Waals surface area contributed by atoms with Crippen molar-refractivity contribution < 1.29 is 13.9 Å². The molecule has 0 atom stereocenters. The third kappa shape index (κ3) is 2.16. The number of halogens is 2. The fourth-order valence-corrected chi connectivity index (χ4v) is 0.876. The van der Waals surface area contributed by atoms with Crippen molar-refractivity contribution in [2.75, 3.05) is 0 Å². The lowest BCUT2D eigenvalue weighted by molar-refractivity contribution is 0.206. The van der Waals surface area contributed by atoms with Crippen LogP contribution >= 0.6 is 15.9 Å². The number of nitrogens with zero attached hydrogens (tertiary/aromatic N) is 1. The van der Waals surface area contributed by atoms with Crippen molar-refractivity contribution in [3.05, 3.63) is 22.6 Å². The summed E-state index contributed by atoms with van der Waals surface area (Å²) < 4.78 is 17.5. The predicted octanol–water partition coefficient (Wildman–Crippen LogP) is 1.44. The fourth-order valence-electron chi connectivity index (χ4n) is 0.572. The number of hydrogen-bond donors (Lipinski definition) is 1. The molecule has 0 radical (unpaired) electrons. The average Bonchev–Trinajstić information content (AvgIpc) is 1.94. The molecule has 12 heavy (non-hydrogen) atoms. The number of nitrogens with two attached hydrogens (primary N) is 1. The molecule has 0 aromatic carbocycles. The lowest BCUT2D eigenvalue weighted by Crippen LogP contribution is -2.17. The van der Waals surface area contributed by atoms with E-state index in [4.69, 9.17) is 0 Å². The minimum absolute atomic E-state index is 0.425. The third-order valence-corrected chi connectivity index (χ3v) is 1.40. The third-order valence-electron chi connectivity index (χ3n) is 0.971. The zero-order valence-corrected chi connectivity index (χ0v) is 7.34. The monoisotopic (exact) mass is 234 g/mol. The summed E-state index contributed by atoms with van der Waals surface area (Å²) in [6, 6.07) is 1.12. The molecular formula is C6H4BrFN2O2. The van der Waals surface area contributed by atoms with Gasteiger partial charge in [-0.05, 0) is 22.0 Å². The van der Waals surface area contributed by atoms with Crippen molar-refractivity contribution in [2.24, 2.45) is 5.73 Å². The van der Waals surface area contributed by atoms with Crippen LogP contribution in [0, 0.1) is 5.82 Å². The van der Waals surface area contributed by atoms with Crippen LogP contribution in [0.4, 0.5) is 9.18 Å². The van der Waals surface area contributed by atoms with E-state index in [1.54, 1.807) is 0 Å². The summed E-state index contributed by atoms with van der Waals surface area (Å²) in [5.74, 6) is -1.17. The van der Waals surface area contributed by atoms with E-state index in [1.165, 1.54) is 6.20 Å². The van der Waals surface area contributed by atoms with Gasteiger partial charge in [-0.25, -0.2) is 14.2 Å². The summed E-state index contributed by atoms with van der Waals surface area (Å²) in [4.78, 5) is 13.7. The van der Waals surface area contributed by atoms with E-state index in [0.29, 0.717) is 4.47 Å². The minimum atomic E-state index is -1.09. The SMILES string of the molecule is NC(=O)Oc1ncc(Br)cc1F. The first-order valence-electron chi connectivity index (χ1n) is 2.88. The smallest absolute Gasteiger partial charge is 0.388 e. The number of hydrogen-bond acceptors (Lipinski definition) is 3. The molecule has 0 aliphatic carbocycles. The van der Waals surface area contributed by atoms with Gasteiger partial charge < -0.3 is 10.5 Å². The largest absolute Gasteiger partial charge is 0.411 e. The van der Waals surface area contributed by atoms with E-state index in [-0.39, 0.29) is 0 Å². The molecule has 0 bridgehead atoms. The molecule has 0 fully saturated rings. The van der Waals surface area contributed by atoms with Crippen LogP contribution in [0.15, 0.2) is 16.7 Å². The van der Waals surface area contributed by atoms with Crippen molar-refractivity contribution >= 4 is 22.0 Å². The quantitative estimate of drug-likeness (QED) is 0.800. The normalized spacial score (nSPS) is 9.50. The average molecular weight is 235 g/mol. The summed E-state index contributed by atoms with van der Waals surface area (Å²) in [7, 11) is 0. The highest BCUT2D eigenvalue weighted by molar-refractivity contribution is 9.10. The number of carbonyl (C=O) groups is 1. The van der Waals surface area contributed by atoms with E-state index in [2.05, 4.69) is 31.4 Å². The minimum Gasteiger partial charge on any atom is -0.388 e. The molecule has 1 rings (SSSR count). The van der Waals surface area contributed by atoms with Gasteiger partial charge in [0.25, 0.3) is 5.88 Å². The van der Waals surface area contributed by atoms with Crippen LogP contribution in [0.3, 0.4) is 0 Å². The first-order valence-corrected chi connectivity index (χ1v) is 3.67. The summed E-state index contributed by atoms with van der Waals surface area (Å²) in [5.41, 5.74) is 4.65. The highest BCUT2D eigenvalue weighted by Gasteiger charge is 2.07. The molecule has 0 spiro atoms. The van der Waals surface area contributed by atoms with Crippen molar-refractivity contribution in [3.8, 4) is 5.88 Å². The van der Waals surface area contributed by atoms with Crippen LogP contribution < -0.4 is 10.5 Å². The molecular weight excluding hydrogens is 231 g/mol. The van der Waals surface area contributed by atoms with Crippen molar-refractivity contribution in [3.63, 3.8) is 0 Å². The van der Waals surface area contributed by atoms with Crippen molar-refractivity contribution in [1.29, 1.82) is 0 Å². The Balaban J connectivity index is 2.93. The number of pyridine rings is 1. The number of amides is 1. The van der Waals surface area contributed by atoms with E-state index >= 15 is 0 Å². The van der Waals surface area contributed by atoms with Crippen molar-refractivity contribution in [2.45, 2.75) is 0 Å². The Hall–Kier alpha value is -1.17. The first kappa shape index (κ1) is 8.92.